The van der Waals surface area contributed by atoms with Gasteiger partial charge in [0.2, 0.25) is 0 Å². The van der Waals surface area contributed by atoms with Crippen LogP contribution < -0.4 is 9.47 Å². The van der Waals surface area contributed by atoms with Gasteiger partial charge in [-0.3, -0.25) is 14.6 Å². The first-order chi connectivity index (χ1) is 17.9. The van der Waals surface area contributed by atoms with Gasteiger partial charge in [-0.05, 0) is 59.9 Å². The van der Waals surface area contributed by atoms with Crippen LogP contribution in [0.3, 0.4) is 0 Å². The number of pyridine rings is 1. The standard InChI is InChI=1S/C30H32N2O5/c1-4-15-36-24-9-6-8-23(17-24)28(33)26-27(22-7-5-10-25(16-22)37-19-20(2)3)32(30(35)29(26)34)18-21-11-13-31-14-12-21/h5-14,16-17,20,27,33H,4,15,18-19H2,1-3H3/b28-26-. The lowest BCUT2D eigenvalue weighted by molar-refractivity contribution is -0.140. The molecule has 1 aromatic heterocycles. The van der Waals surface area contributed by atoms with Crippen LogP contribution in [-0.4, -0.2) is 39.9 Å². The molecule has 7 nitrogen and oxygen atoms in total. The number of hydrogen-bond donors (Lipinski definition) is 1. The number of ketones is 1. The lowest BCUT2D eigenvalue weighted by Gasteiger charge is -2.26. The minimum atomic E-state index is -0.795. The second-order valence-corrected chi connectivity index (χ2v) is 9.44. The molecule has 1 aliphatic rings. The van der Waals surface area contributed by atoms with Crippen molar-refractivity contribution in [2.24, 2.45) is 5.92 Å². The van der Waals surface area contributed by atoms with Crippen LogP contribution in [0.5, 0.6) is 11.5 Å². The number of ether oxygens (including phenoxy) is 2. The number of likely N-dealkylation sites (tertiary alicyclic amines) is 1. The lowest BCUT2D eigenvalue weighted by Crippen LogP contribution is -2.29. The molecule has 1 N–H and O–H groups in total. The van der Waals surface area contributed by atoms with Gasteiger partial charge in [0.25, 0.3) is 11.7 Å². The van der Waals surface area contributed by atoms with E-state index in [0.717, 1.165) is 12.0 Å². The number of aliphatic hydroxyl groups excluding tert-OH is 1. The molecule has 2 heterocycles. The quantitative estimate of drug-likeness (QED) is 0.224. The van der Waals surface area contributed by atoms with Gasteiger partial charge in [-0.2, -0.15) is 0 Å². The topological polar surface area (TPSA) is 89.0 Å². The van der Waals surface area contributed by atoms with Crippen molar-refractivity contribution in [1.82, 2.24) is 9.88 Å². The number of aromatic nitrogens is 1. The van der Waals surface area contributed by atoms with Gasteiger partial charge in [-0.1, -0.05) is 45.0 Å². The molecular formula is C30H32N2O5. The molecule has 1 aliphatic heterocycles. The Hall–Kier alpha value is -4.13. The summed E-state index contributed by atoms with van der Waals surface area (Å²) in [5.41, 5.74) is 1.94. The van der Waals surface area contributed by atoms with Crippen LogP contribution in [0.1, 0.15) is 49.9 Å². The number of nitrogens with zero attached hydrogens (tertiary/aromatic N) is 2. The second kappa shape index (κ2) is 11.7. The van der Waals surface area contributed by atoms with Crippen LogP contribution in [0.2, 0.25) is 0 Å². The van der Waals surface area contributed by atoms with Crippen molar-refractivity contribution in [2.75, 3.05) is 13.2 Å². The van der Waals surface area contributed by atoms with Gasteiger partial charge in [0, 0.05) is 24.5 Å². The molecule has 192 valence electrons. The highest BCUT2D eigenvalue weighted by Gasteiger charge is 2.46. The zero-order valence-electron chi connectivity index (χ0n) is 21.4. The third kappa shape index (κ3) is 6.00. The van der Waals surface area contributed by atoms with Gasteiger partial charge in [0.05, 0.1) is 24.8 Å². The van der Waals surface area contributed by atoms with E-state index in [0.29, 0.717) is 41.8 Å². The van der Waals surface area contributed by atoms with Gasteiger partial charge in [-0.15, -0.1) is 0 Å². The van der Waals surface area contributed by atoms with Crippen LogP contribution in [0.15, 0.2) is 78.6 Å². The molecule has 1 unspecified atom stereocenters. The summed E-state index contributed by atoms with van der Waals surface area (Å²) in [7, 11) is 0. The average Bonchev–Trinajstić information content (AvgIpc) is 3.16. The minimum absolute atomic E-state index is 0.0349. The van der Waals surface area contributed by atoms with Gasteiger partial charge >= 0.3 is 0 Å². The number of aliphatic hydroxyl groups is 1. The number of amides is 1. The highest BCUT2D eigenvalue weighted by molar-refractivity contribution is 6.46. The van der Waals surface area contributed by atoms with Crippen molar-refractivity contribution in [2.45, 2.75) is 39.8 Å². The summed E-state index contributed by atoms with van der Waals surface area (Å²) < 4.78 is 11.6. The van der Waals surface area contributed by atoms with Crippen LogP contribution in [-0.2, 0) is 16.1 Å². The molecule has 37 heavy (non-hydrogen) atoms. The third-order valence-electron chi connectivity index (χ3n) is 5.98. The van der Waals surface area contributed by atoms with Crippen molar-refractivity contribution in [3.05, 3.63) is 95.3 Å². The maximum atomic E-state index is 13.4. The fourth-order valence-electron chi connectivity index (χ4n) is 4.22. The van der Waals surface area contributed by atoms with Gasteiger partial charge in [0.1, 0.15) is 17.3 Å². The predicted octanol–water partition coefficient (Wildman–Crippen LogP) is 5.53. The van der Waals surface area contributed by atoms with Gasteiger partial charge in [-0.25, -0.2) is 0 Å². The molecule has 0 aliphatic carbocycles. The fraction of sp³-hybridized carbons (Fsp3) is 0.300. The fourth-order valence-corrected chi connectivity index (χ4v) is 4.22. The number of carbonyl (C=O) groups excluding carboxylic acids is 2. The Morgan fingerprint density at radius 2 is 1.70 bits per heavy atom. The summed E-state index contributed by atoms with van der Waals surface area (Å²) in [6, 6.07) is 17.1. The van der Waals surface area contributed by atoms with Crippen molar-refractivity contribution in [1.29, 1.82) is 0 Å². The van der Waals surface area contributed by atoms with E-state index in [9.17, 15) is 14.7 Å². The normalized spacial score (nSPS) is 16.9. The Balaban J connectivity index is 1.81. The Bertz CT molecular complexity index is 1290. The number of Topliss-reactive ketones (excluding diaryl/α,β-unsaturated/α-hetero) is 1. The number of carbonyl (C=O) groups is 2. The molecular weight excluding hydrogens is 468 g/mol. The molecule has 0 saturated carbocycles. The summed E-state index contributed by atoms with van der Waals surface area (Å²) >= 11 is 0. The Kier molecular flexibility index (Phi) is 8.23. The highest BCUT2D eigenvalue weighted by Crippen LogP contribution is 2.41. The Morgan fingerprint density at radius 1 is 1.00 bits per heavy atom. The summed E-state index contributed by atoms with van der Waals surface area (Å²) in [5, 5.41) is 11.4. The largest absolute Gasteiger partial charge is 0.507 e. The first kappa shape index (κ1) is 25.9. The van der Waals surface area contributed by atoms with Crippen LogP contribution in [0.25, 0.3) is 5.76 Å². The molecule has 1 amide bonds. The van der Waals surface area contributed by atoms with Crippen molar-refractivity contribution in [3.8, 4) is 11.5 Å². The number of rotatable bonds is 10. The van der Waals surface area contributed by atoms with Crippen molar-refractivity contribution >= 4 is 17.4 Å². The first-order valence-corrected chi connectivity index (χ1v) is 12.5. The highest BCUT2D eigenvalue weighted by atomic mass is 16.5. The average molecular weight is 501 g/mol. The molecule has 0 radical (unpaired) electrons. The zero-order chi connectivity index (χ0) is 26.4. The third-order valence-corrected chi connectivity index (χ3v) is 5.98. The van der Waals surface area contributed by atoms with E-state index in [1.54, 1.807) is 48.8 Å². The van der Waals surface area contributed by atoms with Gasteiger partial charge < -0.3 is 19.5 Å². The summed E-state index contributed by atoms with van der Waals surface area (Å²) in [4.78, 5) is 32.2. The molecule has 3 aromatic rings. The van der Waals surface area contributed by atoms with E-state index in [1.807, 2.05) is 31.2 Å². The molecule has 7 heteroatoms. The van der Waals surface area contributed by atoms with E-state index >= 15 is 0 Å². The Labute approximate surface area is 217 Å². The van der Waals surface area contributed by atoms with Crippen LogP contribution in [0, 0.1) is 5.92 Å². The molecule has 0 bridgehead atoms. The smallest absolute Gasteiger partial charge is 0.295 e. The van der Waals surface area contributed by atoms with E-state index in [4.69, 9.17) is 9.47 Å². The molecule has 4 rings (SSSR count). The molecule has 1 saturated heterocycles. The van der Waals surface area contributed by atoms with Crippen molar-refractivity contribution < 1.29 is 24.2 Å². The van der Waals surface area contributed by atoms with Crippen LogP contribution >= 0.6 is 0 Å². The van der Waals surface area contributed by atoms with Gasteiger partial charge in [0.15, 0.2) is 0 Å². The van der Waals surface area contributed by atoms with Crippen molar-refractivity contribution in [3.63, 3.8) is 0 Å². The van der Waals surface area contributed by atoms with E-state index in [-0.39, 0.29) is 17.9 Å². The van der Waals surface area contributed by atoms with E-state index in [2.05, 4.69) is 18.8 Å². The minimum Gasteiger partial charge on any atom is -0.507 e. The van der Waals surface area contributed by atoms with E-state index in [1.165, 1.54) is 4.90 Å². The monoisotopic (exact) mass is 500 g/mol. The molecule has 1 fully saturated rings. The molecule has 1 atom stereocenters. The first-order valence-electron chi connectivity index (χ1n) is 12.5. The SMILES string of the molecule is CCCOc1cccc(/C(O)=C2/C(=O)C(=O)N(Cc3ccncc3)C2c2cccc(OCC(C)C)c2)c1. The zero-order valence-corrected chi connectivity index (χ0v) is 21.4. The second-order valence-electron chi connectivity index (χ2n) is 9.44. The maximum absolute atomic E-state index is 13.4. The summed E-state index contributed by atoms with van der Waals surface area (Å²) in [6.07, 6.45) is 4.12. The summed E-state index contributed by atoms with van der Waals surface area (Å²) in [5.74, 6) is -0.0902. The number of benzene rings is 2. The molecule has 0 spiro atoms. The predicted molar refractivity (Wildman–Crippen MR) is 141 cm³/mol. The number of hydrogen-bond acceptors (Lipinski definition) is 6. The lowest BCUT2D eigenvalue weighted by atomic mass is 9.95. The summed E-state index contributed by atoms with van der Waals surface area (Å²) in [6.45, 7) is 7.38. The maximum Gasteiger partial charge on any atom is 0.295 e. The Morgan fingerprint density at radius 3 is 2.41 bits per heavy atom. The molecule has 2 aromatic carbocycles. The van der Waals surface area contributed by atoms with Crippen LogP contribution in [0.4, 0.5) is 0 Å². The van der Waals surface area contributed by atoms with E-state index < -0.39 is 17.7 Å².